The summed E-state index contributed by atoms with van der Waals surface area (Å²) in [6.07, 6.45) is 0.819. The molecule has 0 radical (unpaired) electrons. The molecule has 0 fully saturated rings. The Morgan fingerprint density at radius 2 is 2.21 bits per heavy atom. The van der Waals surface area contributed by atoms with Gasteiger partial charge >= 0.3 is 0 Å². The highest BCUT2D eigenvalue weighted by atomic mass is 16.5. The van der Waals surface area contributed by atoms with E-state index in [0.717, 1.165) is 17.7 Å². The van der Waals surface area contributed by atoms with Crippen LogP contribution in [0.25, 0.3) is 0 Å². The van der Waals surface area contributed by atoms with Gasteiger partial charge in [0.2, 0.25) is 0 Å². The molecule has 76 valence electrons. The van der Waals surface area contributed by atoms with Crippen LogP contribution in [0.4, 0.5) is 5.69 Å². The average Bonchev–Trinajstić information content (AvgIpc) is 2.19. The third-order valence-corrected chi connectivity index (χ3v) is 2.88. The quantitative estimate of drug-likeness (QED) is 0.647. The molecule has 3 heteroatoms. The van der Waals surface area contributed by atoms with Crippen molar-refractivity contribution in [3.63, 3.8) is 0 Å². The minimum atomic E-state index is -0.433. The maximum atomic E-state index is 9.76. The average molecular weight is 193 g/mol. The number of methoxy groups -OCH3 is 1. The predicted octanol–water partition coefficient (Wildman–Crippen LogP) is 0.743. The SMILES string of the molecule is CO[C@H]1Cc2cccc(N)c2C[C@@H]1O. The number of hydrogen-bond donors (Lipinski definition) is 2. The number of rotatable bonds is 1. The molecule has 1 aliphatic carbocycles. The fourth-order valence-electron chi connectivity index (χ4n) is 2.03. The second kappa shape index (κ2) is 3.59. The number of benzene rings is 1. The third-order valence-electron chi connectivity index (χ3n) is 2.88. The minimum absolute atomic E-state index is 0.0932. The minimum Gasteiger partial charge on any atom is -0.398 e. The lowest BCUT2D eigenvalue weighted by molar-refractivity contribution is -0.0160. The topological polar surface area (TPSA) is 55.5 Å². The zero-order valence-corrected chi connectivity index (χ0v) is 8.23. The molecular weight excluding hydrogens is 178 g/mol. The maximum absolute atomic E-state index is 9.76. The molecule has 3 N–H and O–H groups in total. The van der Waals surface area contributed by atoms with Crippen LogP contribution in [0.1, 0.15) is 11.1 Å². The first-order valence-electron chi connectivity index (χ1n) is 4.79. The van der Waals surface area contributed by atoms with E-state index in [1.54, 1.807) is 7.11 Å². The number of hydrogen-bond acceptors (Lipinski definition) is 3. The van der Waals surface area contributed by atoms with Gasteiger partial charge < -0.3 is 15.6 Å². The molecule has 1 aliphatic rings. The smallest absolute Gasteiger partial charge is 0.0873 e. The molecule has 0 amide bonds. The molecule has 3 nitrogen and oxygen atoms in total. The molecule has 0 spiro atoms. The van der Waals surface area contributed by atoms with Crippen molar-refractivity contribution in [3.8, 4) is 0 Å². The summed E-state index contributed by atoms with van der Waals surface area (Å²) in [6, 6.07) is 5.86. The second-order valence-corrected chi connectivity index (χ2v) is 3.73. The van der Waals surface area contributed by atoms with E-state index in [1.807, 2.05) is 18.2 Å². The summed E-state index contributed by atoms with van der Waals surface area (Å²) in [5.41, 5.74) is 8.89. The van der Waals surface area contributed by atoms with Gasteiger partial charge in [-0.15, -0.1) is 0 Å². The molecule has 0 aliphatic heterocycles. The maximum Gasteiger partial charge on any atom is 0.0873 e. The van der Waals surface area contributed by atoms with Crippen molar-refractivity contribution in [2.24, 2.45) is 0 Å². The monoisotopic (exact) mass is 193 g/mol. The largest absolute Gasteiger partial charge is 0.398 e. The lowest BCUT2D eigenvalue weighted by Gasteiger charge is -2.29. The van der Waals surface area contributed by atoms with Crippen molar-refractivity contribution < 1.29 is 9.84 Å². The lowest BCUT2D eigenvalue weighted by Crippen LogP contribution is -2.36. The fourth-order valence-corrected chi connectivity index (χ4v) is 2.03. The van der Waals surface area contributed by atoms with E-state index < -0.39 is 6.10 Å². The van der Waals surface area contributed by atoms with Gasteiger partial charge in [-0.1, -0.05) is 12.1 Å². The van der Waals surface area contributed by atoms with E-state index in [2.05, 4.69) is 0 Å². The van der Waals surface area contributed by atoms with Crippen molar-refractivity contribution in [1.29, 1.82) is 0 Å². The van der Waals surface area contributed by atoms with Crippen LogP contribution < -0.4 is 5.73 Å². The van der Waals surface area contributed by atoms with Crippen LogP contribution in [-0.4, -0.2) is 24.4 Å². The van der Waals surface area contributed by atoms with E-state index in [-0.39, 0.29) is 6.10 Å². The number of nitrogens with two attached hydrogens (primary N) is 1. The number of nitrogen functional groups attached to an aromatic ring is 1. The van der Waals surface area contributed by atoms with Gasteiger partial charge in [0, 0.05) is 25.6 Å². The number of ether oxygens (including phenoxy) is 1. The second-order valence-electron chi connectivity index (χ2n) is 3.73. The van der Waals surface area contributed by atoms with Crippen molar-refractivity contribution in [1.82, 2.24) is 0 Å². The van der Waals surface area contributed by atoms with Gasteiger partial charge in [-0.2, -0.15) is 0 Å². The highest BCUT2D eigenvalue weighted by molar-refractivity contribution is 5.52. The van der Waals surface area contributed by atoms with E-state index in [1.165, 1.54) is 5.56 Å². The zero-order chi connectivity index (χ0) is 10.1. The van der Waals surface area contributed by atoms with E-state index in [0.29, 0.717) is 6.42 Å². The molecule has 0 saturated carbocycles. The van der Waals surface area contributed by atoms with E-state index >= 15 is 0 Å². The Hall–Kier alpha value is -1.06. The summed E-state index contributed by atoms with van der Waals surface area (Å²) in [5.74, 6) is 0. The molecule has 0 saturated heterocycles. The molecule has 14 heavy (non-hydrogen) atoms. The summed E-state index contributed by atoms with van der Waals surface area (Å²) in [7, 11) is 1.63. The van der Waals surface area contributed by atoms with Crippen LogP contribution >= 0.6 is 0 Å². The van der Waals surface area contributed by atoms with Crippen LogP contribution in [0.2, 0.25) is 0 Å². The van der Waals surface area contributed by atoms with Crippen LogP contribution in [0.3, 0.4) is 0 Å². The number of fused-ring (bicyclic) bond motifs is 1. The van der Waals surface area contributed by atoms with Gasteiger partial charge in [-0.3, -0.25) is 0 Å². The first-order valence-corrected chi connectivity index (χ1v) is 4.79. The Bertz CT molecular complexity index is 338. The summed E-state index contributed by atoms with van der Waals surface area (Å²) in [6.45, 7) is 0. The highest BCUT2D eigenvalue weighted by Crippen LogP contribution is 2.27. The number of aliphatic hydroxyl groups is 1. The van der Waals surface area contributed by atoms with Crippen LogP contribution in [0.15, 0.2) is 18.2 Å². The van der Waals surface area contributed by atoms with Crippen molar-refractivity contribution >= 4 is 5.69 Å². The summed E-state index contributed by atoms with van der Waals surface area (Å²) < 4.78 is 5.21. The van der Waals surface area contributed by atoms with Crippen LogP contribution in [-0.2, 0) is 17.6 Å². The molecule has 2 atom stereocenters. The van der Waals surface area contributed by atoms with Gasteiger partial charge in [-0.05, 0) is 17.2 Å². The van der Waals surface area contributed by atoms with Crippen molar-refractivity contribution in [2.45, 2.75) is 25.0 Å². The molecule has 0 unspecified atom stereocenters. The molecule has 2 rings (SSSR count). The standard InChI is InChI=1S/C11H15NO2/c1-14-11-5-7-3-2-4-9(12)8(7)6-10(11)13/h2-4,10-11,13H,5-6,12H2,1H3/t10-,11-/m0/s1. The van der Waals surface area contributed by atoms with Crippen molar-refractivity contribution in [2.75, 3.05) is 12.8 Å². The Morgan fingerprint density at radius 1 is 1.43 bits per heavy atom. The summed E-state index contributed by atoms with van der Waals surface area (Å²) in [5, 5.41) is 9.76. The Morgan fingerprint density at radius 3 is 2.93 bits per heavy atom. The number of aliphatic hydroxyl groups excluding tert-OH is 1. The van der Waals surface area contributed by atoms with Gasteiger partial charge in [0.15, 0.2) is 0 Å². The zero-order valence-electron chi connectivity index (χ0n) is 8.23. The van der Waals surface area contributed by atoms with E-state index in [4.69, 9.17) is 10.5 Å². The van der Waals surface area contributed by atoms with Crippen LogP contribution in [0, 0.1) is 0 Å². The molecule has 0 bridgehead atoms. The van der Waals surface area contributed by atoms with Gasteiger partial charge in [0.05, 0.1) is 12.2 Å². The van der Waals surface area contributed by atoms with Crippen molar-refractivity contribution in [3.05, 3.63) is 29.3 Å². The van der Waals surface area contributed by atoms with Gasteiger partial charge in [0.25, 0.3) is 0 Å². The molecule has 0 aromatic heterocycles. The lowest BCUT2D eigenvalue weighted by atomic mass is 9.87. The normalized spacial score (nSPS) is 25.9. The Kier molecular flexibility index (Phi) is 2.44. The first-order chi connectivity index (χ1) is 6.72. The Labute approximate surface area is 83.5 Å². The molecule has 0 heterocycles. The molecule has 1 aromatic carbocycles. The van der Waals surface area contributed by atoms with Gasteiger partial charge in [0.1, 0.15) is 0 Å². The number of anilines is 1. The predicted molar refractivity (Wildman–Crippen MR) is 55.1 cm³/mol. The summed E-state index contributed by atoms with van der Waals surface area (Å²) in [4.78, 5) is 0. The molecule has 1 aromatic rings. The van der Waals surface area contributed by atoms with Gasteiger partial charge in [-0.25, -0.2) is 0 Å². The third kappa shape index (κ3) is 1.49. The van der Waals surface area contributed by atoms with E-state index in [9.17, 15) is 5.11 Å². The first kappa shape index (κ1) is 9.49. The highest BCUT2D eigenvalue weighted by Gasteiger charge is 2.27. The fraction of sp³-hybridized carbons (Fsp3) is 0.455. The summed E-state index contributed by atoms with van der Waals surface area (Å²) >= 11 is 0. The Balaban J connectivity index is 2.35. The van der Waals surface area contributed by atoms with Crippen LogP contribution in [0.5, 0.6) is 0 Å². The molecular formula is C11H15NO2.